The first-order valence-corrected chi connectivity index (χ1v) is 8.81. The zero-order valence-electron chi connectivity index (χ0n) is 11.8. The average Bonchev–Trinajstić information content (AvgIpc) is 3.05. The molecule has 1 aromatic carbocycles. The van der Waals surface area contributed by atoms with Crippen molar-refractivity contribution in [3.8, 4) is 6.07 Å². The molecule has 1 aromatic rings. The van der Waals surface area contributed by atoms with Crippen LogP contribution in [-0.4, -0.2) is 38.5 Å². The van der Waals surface area contributed by atoms with Crippen molar-refractivity contribution < 1.29 is 8.42 Å². The summed E-state index contributed by atoms with van der Waals surface area (Å²) < 4.78 is 27.8. The molecule has 5 nitrogen and oxygen atoms in total. The average molecular weight is 305 g/mol. The van der Waals surface area contributed by atoms with Gasteiger partial charge in [0, 0.05) is 18.6 Å². The molecule has 0 aliphatic carbocycles. The highest BCUT2D eigenvalue weighted by Crippen LogP contribution is 2.28. The fourth-order valence-corrected chi connectivity index (χ4v) is 4.67. The Labute approximate surface area is 125 Å². The lowest BCUT2D eigenvalue weighted by Gasteiger charge is -2.21. The molecular formula is C15H19N3O2S. The van der Waals surface area contributed by atoms with Crippen molar-refractivity contribution in [2.24, 2.45) is 0 Å². The quantitative estimate of drug-likeness (QED) is 0.909. The lowest BCUT2D eigenvalue weighted by molar-refractivity contribution is 0.309. The Balaban J connectivity index is 1.73. The van der Waals surface area contributed by atoms with Crippen LogP contribution in [0.5, 0.6) is 0 Å². The van der Waals surface area contributed by atoms with Gasteiger partial charge < -0.3 is 0 Å². The van der Waals surface area contributed by atoms with E-state index in [4.69, 9.17) is 5.26 Å². The van der Waals surface area contributed by atoms with Crippen molar-refractivity contribution >= 4 is 10.0 Å². The second-order valence-corrected chi connectivity index (χ2v) is 7.45. The summed E-state index contributed by atoms with van der Waals surface area (Å²) in [5.74, 6) is 0. The van der Waals surface area contributed by atoms with Crippen LogP contribution in [0.15, 0.2) is 29.2 Å². The van der Waals surface area contributed by atoms with E-state index >= 15 is 0 Å². The summed E-state index contributed by atoms with van der Waals surface area (Å²) >= 11 is 0. The van der Waals surface area contributed by atoms with Crippen LogP contribution in [0.4, 0.5) is 0 Å². The van der Waals surface area contributed by atoms with E-state index in [0.29, 0.717) is 12.5 Å². The minimum absolute atomic E-state index is 0.0243. The molecule has 112 valence electrons. The van der Waals surface area contributed by atoms with Crippen molar-refractivity contribution in [2.45, 2.75) is 42.7 Å². The van der Waals surface area contributed by atoms with Crippen molar-refractivity contribution in [3.05, 3.63) is 29.8 Å². The second-order valence-electron chi connectivity index (χ2n) is 5.74. The summed E-state index contributed by atoms with van der Waals surface area (Å²) in [7, 11) is -3.47. The Hall–Kier alpha value is -1.42. The fourth-order valence-electron chi connectivity index (χ4n) is 3.37. The number of hydrogen-bond donors (Lipinski definition) is 1. The number of hydrogen-bond acceptors (Lipinski definition) is 4. The van der Waals surface area contributed by atoms with Gasteiger partial charge in [0.15, 0.2) is 0 Å². The van der Waals surface area contributed by atoms with Crippen molar-refractivity contribution in [1.82, 2.24) is 9.62 Å². The zero-order chi connectivity index (χ0) is 14.9. The SMILES string of the molecule is N#CCc1ccc(S(=O)(=O)NC2CCN3CCCC23)cc1. The molecule has 0 radical (unpaired) electrons. The van der Waals surface area contributed by atoms with Gasteiger partial charge in [-0.15, -0.1) is 0 Å². The number of benzene rings is 1. The summed E-state index contributed by atoms with van der Waals surface area (Å²) in [5.41, 5.74) is 0.833. The fraction of sp³-hybridized carbons (Fsp3) is 0.533. The van der Waals surface area contributed by atoms with Gasteiger partial charge >= 0.3 is 0 Å². The van der Waals surface area contributed by atoms with E-state index in [1.807, 2.05) is 0 Å². The molecule has 1 N–H and O–H groups in total. The van der Waals surface area contributed by atoms with E-state index in [1.165, 1.54) is 0 Å². The number of fused-ring (bicyclic) bond motifs is 1. The molecule has 2 aliphatic rings. The van der Waals surface area contributed by atoms with Crippen LogP contribution in [-0.2, 0) is 16.4 Å². The Morgan fingerprint density at radius 2 is 2.00 bits per heavy atom. The zero-order valence-corrected chi connectivity index (χ0v) is 12.6. The van der Waals surface area contributed by atoms with Gasteiger partial charge in [0.1, 0.15) is 0 Å². The summed E-state index contributed by atoms with van der Waals surface area (Å²) in [6.07, 6.45) is 3.42. The van der Waals surface area contributed by atoms with Crippen LogP contribution < -0.4 is 4.72 Å². The molecule has 2 saturated heterocycles. The van der Waals surface area contributed by atoms with Gasteiger partial charge in [-0.3, -0.25) is 4.90 Å². The molecule has 2 unspecified atom stereocenters. The Bertz CT molecular complexity index is 648. The maximum absolute atomic E-state index is 12.5. The van der Waals surface area contributed by atoms with Crippen molar-refractivity contribution in [3.63, 3.8) is 0 Å². The third kappa shape index (κ3) is 2.95. The number of nitrogens with zero attached hydrogens (tertiary/aromatic N) is 2. The lowest BCUT2D eigenvalue weighted by atomic mass is 10.1. The highest BCUT2D eigenvalue weighted by molar-refractivity contribution is 7.89. The molecular weight excluding hydrogens is 286 g/mol. The maximum Gasteiger partial charge on any atom is 0.240 e. The molecule has 6 heteroatoms. The van der Waals surface area contributed by atoms with E-state index < -0.39 is 10.0 Å². The van der Waals surface area contributed by atoms with Crippen LogP contribution in [0.25, 0.3) is 0 Å². The van der Waals surface area contributed by atoms with Crippen LogP contribution in [0.2, 0.25) is 0 Å². The predicted octanol–water partition coefficient (Wildman–Crippen LogP) is 1.27. The largest absolute Gasteiger partial charge is 0.299 e. The van der Waals surface area contributed by atoms with Gasteiger partial charge in [-0.05, 0) is 43.5 Å². The molecule has 3 rings (SSSR count). The van der Waals surface area contributed by atoms with E-state index in [0.717, 1.165) is 37.9 Å². The number of sulfonamides is 1. The van der Waals surface area contributed by atoms with Crippen molar-refractivity contribution in [1.29, 1.82) is 5.26 Å². The lowest BCUT2D eigenvalue weighted by Crippen LogP contribution is -2.42. The standard InChI is InChI=1S/C15H19N3O2S/c16-9-7-12-3-5-13(6-4-12)21(19,20)17-14-8-11-18-10-1-2-15(14)18/h3-6,14-15,17H,1-2,7-8,10-11H2. The first-order chi connectivity index (χ1) is 10.1. The van der Waals surface area contributed by atoms with Crippen molar-refractivity contribution in [2.75, 3.05) is 13.1 Å². The topological polar surface area (TPSA) is 73.2 Å². The molecule has 2 fully saturated rings. The highest BCUT2D eigenvalue weighted by atomic mass is 32.2. The van der Waals surface area contributed by atoms with Crippen LogP contribution in [0.1, 0.15) is 24.8 Å². The third-order valence-electron chi connectivity index (χ3n) is 4.43. The smallest absolute Gasteiger partial charge is 0.240 e. The Kier molecular flexibility index (Phi) is 3.98. The normalized spacial score (nSPS) is 25.7. The number of rotatable bonds is 4. The molecule has 0 amide bonds. The van der Waals surface area contributed by atoms with Crippen LogP contribution in [0, 0.1) is 11.3 Å². The van der Waals surface area contributed by atoms with Crippen LogP contribution in [0.3, 0.4) is 0 Å². The first kappa shape index (κ1) is 14.5. The summed E-state index contributed by atoms with van der Waals surface area (Å²) in [4.78, 5) is 2.66. The summed E-state index contributed by atoms with van der Waals surface area (Å²) in [6, 6.07) is 9.00. The summed E-state index contributed by atoms with van der Waals surface area (Å²) in [6.45, 7) is 2.07. The maximum atomic E-state index is 12.5. The molecule has 0 aromatic heterocycles. The van der Waals surface area contributed by atoms with E-state index in [1.54, 1.807) is 24.3 Å². The van der Waals surface area contributed by atoms with Gasteiger partial charge in [0.2, 0.25) is 10.0 Å². The molecule has 0 bridgehead atoms. The second kappa shape index (κ2) is 5.76. The predicted molar refractivity (Wildman–Crippen MR) is 79.1 cm³/mol. The number of nitriles is 1. The Morgan fingerprint density at radius 1 is 1.24 bits per heavy atom. The molecule has 0 saturated carbocycles. The molecule has 2 atom stereocenters. The van der Waals surface area contributed by atoms with Gasteiger partial charge in [0.25, 0.3) is 0 Å². The molecule has 2 heterocycles. The monoisotopic (exact) mass is 305 g/mol. The van der Waals surface area contributed by atoms with Gasteiger partial charge in [0.05, 0.1) is 17.4 Å². The van der Waals surface area contributed by atoms with Gasteiger partial charge in [-0.1, -0.05) is 12.1 Å². The minimum Gasteiger partial charge on any atom is -0.299 e. The summed E-state index contributed by atoms with van der Waals surface area (Å²) in [5, 5.41) is 8.64. The van der Waals surface area contributed by atoms with Gasteiger partial charge in [-0.25, -0.2) is 13.1 Å². The first-order valence-electron chi connectivity index (χ1n) is 7.32. The highest BCUT2D eigenvalue weighted by Gasteiger charge is 2.39. The van der Waals surface area contributed by atoms with E-state index in [2.05, 4.69) is 15.7 Å². The minimum atomic E-state index is -3.47. The molecule has 2 aliphatic heterocycles. The molecule has 21 heavy (non-hydrogen) atoms. The Morgan fingerprint density at radius 3 is 2.71 bits per heavy atom. The number of nitrogens with one attached hydrogen (secondary N) is 1. The van der Waals surface area contributed by atoms with Gasteiger partial charge in [-0.2, -0.15) is 5.26 Å². The van der Waals surface area contributed by atoms with E-state index in [-0.39, 0.29) is 10.9 Å². The third-order valence-corrected chi connectivity index (χ3v) is 5.94. The molecule has 0 spiro atoms. The van der Waals surface area contributed by atoms with Crippen LogP contribution >= 0.6 is 0 Å². The van der Waals surface area contributed by atoms with E-state index in [9.17, 15) is 8.42 Å².